The minimum Gasteiger partial charge on any atom is -0.363 e. The van der Waals surface area contributed by atoms with Crippen molar-refractivity contribution < 1.29 is 0 Å². The number of hydrogen-bond acceptors (Lipinski definition) is 3. The van der Waals surface area contributed by atoms with E-state index in [0.29, 0.717) is 0 Å². The summed E-state index contributed by atoms with van der Waals surface area (Å²) in [5, 5.41) is 8.22. The van der Waals surface area contributed by atoms with Gasteiger partial charge in [0.1, 0.15) is 5.82 Å². The Bertz CT molecular complexity index is 707. The first-order valence-electron chi connectivity index (χ1n) is 6.05. The van der Waals surface area contributed by atoms with E-state index in [1.807, 2.05) is 42.6 Å². The molecular formula is C14H13ClN4. The van der Waals surface area contributed by atoms with Gasteiger partial charge in [-0.1, -0.05) is 23.7 Å². The summed E-state index contributed by atoms with van der Waals surface area (Å²) in [7, 11) is 0. The number of nitrogens with zero attached hydrogens (tertiary/aromatic N) is 3. The Labute approximate surface area is 116 Å². The maximum atomic E-state index is 6.00. The number of halogens is 1. The summed E-state index contributed by atoms with van der Waals surface area (Å²) in [5.41, 5.74) is 1.95. The minimum absolute atomic E-state index is 0.136. The van der Waals surface area contributed by atoms with E-state index in [2.05, 4.69) is 22.3 Å². The van der Waals surface area contributed by atoms with Gasteiger partial charge in [-0.25, -0.2) is 9.50 Å². The zero-order valence-corrected chi connectivity index (χ0v) is 11.2. The van der Waals surface area contributed by atoms with Crippen LogP contribution in [0.3, 0.4) is 0 Å². The fourth-order valence-corrected chi connectivity index (χ4v) is 2.17. The molecule has 0 saturated heterocycles. The summed E-state index contributed by atoms with van der Waals surface area (Å²) in [6.45, 7) is 2.08. The van der Waals surface area contributed by atoms with Crippen molar-refractivity contribution in [3.8, 4) is 0 Å². The first-order valence-corrected chi connectivity index (χ1v) is 6.42. The van der Waals surface area contributed by atoms with E-state index in [0.717, 1.165) is 22.1 Å². The molecule has 0 amide bonds. The van der Waals surface area contributed by atoms with Crippen LogP contribution in [0.15, 0.2) is 48.8 Å². The lowest BCUT2D eigenvalue weighted by Crippen LogP contribution is -2.08. The Hall–Kier alpha value is -2.07. The molecule has 2 aromatic heterocycles. The number of aromatic nitrogens is 3. The average Bonchev–Trinajstić information content (AvgIpc) is 2.86. The van der Waals surface area contributed by atoms with Crippen LogP contribution in [-0.2, 0) is 0 Å². The fraction of sp³-hybridized carbons (Fsp3) is 0.143. The van der Waals surface area contributed by atoms with Crippen molar-refractivity contribution in [1.29, 1.82) is 0 Å². The summed E-state index contributed by atoms with van der Waals surface area (Å²) in [6, 6.07) is 11.7. The third-order valence-electron chi connectivity index (χ3n) is 2.97. The van der Waals surface area contributed by atoms with Gasteiger partial charge < -0.3 is 5.32 Å². The second-order valence-electron chi connectivity index (χ2n) is 4.37. The number of benzene rings is 1. The first kappa shape index (κ1) is 12.0. The smallest absolute Gasteiger partial charge is 0.157 e. The van der Waals surface area contributed by atoms with Crippen LogP contribution < -0.4 is 5.32 Å². The molecule has 3 rings (SSSR count). The van der Waals surface area contributed by atoms with Crippen molar-refractivity contribution in [2.45, 2.75) is 13.0 Å². The molecule has 0 saturated carbocycles. The van der Waals surface area contributed by atoms with Gasteiger partial charge in [0.25, 0.3) is 0 Å². The Morgan fingerprint density at radius 3 is 3.00 bits per heavy atom. The Morgan fingerprint density at radius 1 is 1.26 bits per heavy atom. The first-order chi connectivity index (χ1) is 9.22. The van der Waals surface area contributed by atoms with Crippen LogP contribution in [0, 0.1) is 0 Å². The molecule has 0 aliphatic carbocycles. The van der Waals surface area contributed by atoms with Gasteiger partial charge in [0.15, 0.2) is 5.65 Å². The Morgan fingerprint density at radius 2 is 2.16 bits per heavy atom. The molecule has 19 heavy (non-hydrogen) atoms. The van der Waals surface area contributed by atoms with Crippen molar-refractivity contribution >= 4 is 23.1 Å². The normalized spacial score (nSPS) is 12.5. The standard InChI is InChI=1S/C14H13ClN4/c1-10(11-3-2-4-12(15)9-11)17-13-6-8-19-14(18-13)5-7-16-19/h2-10H,1H3,(H,17,18). The van der Waals surface area contributed by atoms with Gasteiger partial charge in [-0.05, 0) is 30.7 Å². The van der Waals surface area contributed by atoms with E-state index < -0.39 is 0 Å². The quantitative estimate of drug-likeness (QED) is 0.793. The highest BCUT2D eigenvalue weighted by atomic mass is 35.5. The molecule has 96 valence electrons. The number of fused-ring (bicyclic) bond motifs is 1. The predicted molar refractivity (Wildman–Crippen MR) is 76.5 cm³/mol. The van der Waals surface area contributed by atoms with Gasteiger partial charge in [-0.3, -0.25) is 0 Å². The lowest BCUT2D eigenvalue weighted by molar-refractivity contribution is 0.867. The lowest BCUT2D eigenvalue weighted by Gasteiger charge is -2.15. The van der Waals surface area contributed by atoms with Crippen LogP contribution >= 0.6 is 11.6 Å². The highest BCUT2D eigenvalue weighted by molar-refractivity contribution is 6.30. The van der Waals surface area contributed by atoms with Gasteiger partial charge >= 0.3 is 0 Å². The molecular weight excluding hydrogens is 260 g/mol. The molecule has 1 unspecified atom stereocenters. The summed E-state index contributed by atoms with van der Waals surface area (Å²) in [5.74, 6) is 0.820. The van der Waals surface area contributed by atoms with E-state index >= 15 is 0 Å². The van der Waals surface area contributed by atoms with E-state index in [1.165, 1.54) is 0 Å². The van der Waals surface area contributed by atoms with Crippen LogP contribution in [0.1, 0.15) is 18.5 Å². The molecule has 0 aliphatic rings. The molecule has 0 radical (unpaired) electrons. The van der Waals surface area contributed by atoms with Gasteiger partial charge in [0, 0.05) is 23.3 Å². The number of rotatable bonds is 3. The molecule has 3 aromatic rings. The molecule has 1 N–H and O–H groups in total. The zero-order valence-electron chi connectivity index (χ0n) is 10.4. The van der Waals surface area contributed by atoms with Crippen molar-refractivity contribution in [2.75, 3.05) is 5.32 Å². The monoisotopic (exact) mass is 272 g/mol. The molecule has 0 spiro atoms. The van der Waals surface area contributed by atoms with Crippen LogP contribution in [0.2, 0.25) is 5.02 Å². The largest absolute Gasteiger partial charge is 0.363 e. The van der Waals surface area contributed by atoms with Gasteiger partial charge in [0.2, 0.25) is 0 Å². The van der Waals surface area contributed by atoms with Crippen molar-refractivity contribution in [3.05, 3.63) is 59.4 Å². The van der Waals surface area contributed by atoms with Gasteiger partial charge in [-0.15, -0.1) is 0 Å². The summed E-state index contributed by atoms with van der Waals surface area (Å²) < 4.78 is 1.73. The van der Waals surface area contributed by atoms with E-state index in [4.69, 9.17) is 11.6 Å². The highest BCUT2D eigenvalue weighted by Crippen LogP contribution is 2.21. The number of nitrogens with one attached hydrogen (secondary N) is 1. The number of hydrogen-bond donors (Lipinski definition) is 1. The predicted octanol–water partition coefficient (Wildman–Crippen LogP) is 3.56. The zero-order chi connectivity index (χ0) is 13.2. The Kier molecular flexibility index (Phi) is 3.09. The molecule has 0 fully saturated rings. The molecule has 1 atom stereocenters. The number of anilines is 1. The molecule has 2 heterocycles. The van der Waals surface area contributed by atoms with Gasteiger partial charge in [0.05, 0.1) is 6.20 Å². The third-order valence-corrected chi connectivity index (χ3v) is 3.21. The van der Waals surface area contributed by atoms with Gasteiger partial charge in [-0.2, -0.15) is 5.10 Å². The highest BCUT2D eigenvalue weighted by Gasteiger charge is 2.07. The van der Waals surface area contributed by atoms with Crippen LogP contribution in [0.25, 0.3) is 5.65 Å². The van der Waals surface area contributed by atoms with Crippen LogP contribution in [0.5, 0.6) is 0 Å². The SMILES string of the molecule is CC(Nc1ccn2nccc2n1)c1cccc(Cl)c1. The Balaban J connectivity index is 1.83. The minimum atomic E-state index is 0.136. The van der Waals surface area contributed by atoms with Crippen molar-refractivity contribution in [3.63, 3.8) is 0 Å². The fourth-order valence-electron chi connectivity index (χ4n) is 1.97. The van der Waals surface area contributed by atoms with E-state index in [1.54, 1.807) is 10.7 Å². The van der Waals surface area contributed by atoms with E-state index in [9.17, 15) is 0 Å². The molecule has 5 heteroatoms. The van der Waals surface area contributed by atoms with Crippen molar-refractivity contribution in [1.82, 2.24) is 14.6 Å². The molecule has 0 aliphatic heterocycles. The maximum absolute atomic E-state index is 6.00. The second kappa shape index (κ2) is 4.90. The van der Waals surface area contributed by atoms with Crippen LogP contribution in [-0.4, -0.2) is 14.6 Å². The summed E-state index contributed by atoms with van der Waals surface area (Å²) in [4.78, 5) is 4.48. The average molecular weight is 273 g/mol. The molecule has 1 aromatic carbocycles. The van der Waals surface area contributed by atoms with E-state index in [-0.39, 0.29) is 6.04 Å². The summed E-state index contributed by atoms with van der Waals surface area (Å²) in [6.07, 6.45) is 3.61. The summed E-state index contributed by atoms with van der Waals surface area (Å²) >= 11 is 6.00. The third kappa shape index (κ3) is 2.53. The maximum Gasteiger partial charge on any atom is 0.157 e. The topological polar surface area (TPSA) is 42.2 Å². The molecule has 0 bridgehead atoms. The van der Waals surface area contributed by atoms with Crippen molar-refractivity contribution in [2.24, 2.45) is 0 Å². The lowest BCUT2D eigenvalue weighted by atomic mass is 10.1. The van der Waals surface area contributed by atoms with Crippen LogP contribution in [0.4, 0.5) is 5.82 Å². The molecule has 4 nitrogen and oxygen atoms in total. The second-order valence-corrected chi connectivity index (χ2v) is 4.80.